The van der Waals surface area contributed by atoms with E-state index in [1.807, 2.05) is 0 Å². The van der Waals surface area contributed by atoms with Gasteiger partial charge in [-0.2, -0.15) is 0 Å². The summed E-state index contributed by atoms with van der Waals surface area (Å²) in [4.78, 5) is 0. The lowest BCUT2D eigenvalue weighted by atomic mass is 10.3. The number of nitrogens with one attached hydrogen (secondary N) is 3. The van der Waals surface area contributed by atoms with Crippen LogP contribution in [0.4, 0.5) is 0 Å². The van der Waals surface area contributed by atoms with E-state index in [9.17, 15) is 0 Å². The van der Waals surface area contributed by atoms with Gasteiger partial charge in [-0.15, -0.1) is 0 Å². The van der Waals surface area contributed by atoms with Crippen molar-refractivity contribution in [1.29, 1.82) is 0 Å². The number of unbranched alkanes of at least 4 members (excludes halogenated alkanes) is 1. The Morgan fingerprint density at radius 3 is 2.47 bits per heavy atom. The van der Waals surface area contributed by atoms with E-state index in [-0.39, 0.29) is 0 Å². The molecular weight excluding hydrogens is 186 g/mol. The second-order valence-electron chi connectivity index (χ2n) is 3.36. The second kappa shape index (κ2) is 13.0. The predicted octanol–water partition coefficient (Wildman–Crippen LogP) is 1.60. The van der Waals surface area contributed by atoms with Crippen molar-refractivity contribution in [3.05, 3.63) is 25.1 Å². The number of hydrogen-bond donors (Lipinski definition) is 3. The average molecular weight is 211 g/mol. The zero-order valence-electron chi connectivity index (χ0n) is 9.89. The Labute approximate surface area is 94.0 Å². The van der Waals surface area contributed by atoms with E-state index in [0.717, 1.165) is 32.6 Å². The minimum absolute atomic E-state index is 1.02. The van der Waals surface area contributed by atoms with E-state index < -0.39 is 0 Å². The van der Waals surface area contributed by atoms with Gasteiger partial charge in [0.15, 0.2) is 0 Å². The molecule has 0 radical (unpaired) electrons. The van der Waals surface area contributed by atoms with E-state index in [4.69, 9.17) is 0 Å². The first-order chi connectivity index (χ1) is 7.41. The summed E-state index contributed by atoms with van der Waals surface area (Å²) < 4.78 is 0. The molecule has 0 spiro atoms. The van der Waals surface area contributed by atoms with Crippen LogP contribution >= 0.6 is 0 Å². The smallest absolute Gasteiger partial charge is 0.0142 e. The predicted molar refractivity (Wildman–Crippen MR) is 67.7 cm³/mol. The van der Waals surface area contributed by atoms with Crippen molar-refractivity contribution in [3.63, 3.8) is 0 Å². The molecule has 0 aromatic rings. The summed E-state index contributed by atoms with van der Waals surface area (Å²) >= 11 is 0. The summed E-state index contributed by atoms with van der Waals surface area (Å²) in [6.07, 6.45) is 9.44. The van der Waals surface area contributed by atoms with Gasteiger partial charge in [0.2, 0.25) is 0 Å². The summed E-state index contributed by atoms with van der Waals surface area (Å²) in [7, 11) is 0. The van der Waals surface area contributed by atoms with Gasteiger partial charge in [-0.3, -0.25) is 0 Å². The summed E-state index contributed by atoms with van der Waals surface area (Å²) in [6, 6.07) is 0. The van der Waals surface area contributed by atoms with E-state index in [2.05, 4.69) is 41.7 Å². The van der Waals surface area contributed by atoms with Gasteiger partial charge < -0.3 is 16.0 Å². The highest BCUT2D eigenvalue weighted by atomic mass is 14.8. The van der Waals surface area contributed by atoms with Gasteiger partial charge in [0, 0.05) is 13.1 Å². The molecule has 0 aliphatic heterocycles. The maximum atomic E-state index is 3.60. The topological polar surface area (TPSA) is 36.1 Å². The summed E-state index contributed by atoms with van der Waals surface area (Å²) in [5, 5.41) is 9.64. The van der Waals surface area contributed by atoms with Gasteiger partial charge in [0.1, 0.15) is 0 Å². The standard InChI is InChI=1S/C12H25N3/c1-3-13-9-5-7-11-15-12-8-6-10-14-4-2/h3,8,12-15H,1,4-7,9-11H2,2H3/b12-8+. The fourth-order valence-electron chi connectivity index (χ4n) is 1.17. The van der Waals surface area contributed by atoms with Gasteiger partial charge in [0.25, 0.3) is 0 Å². The SMILES string of the molecule is C=CNCCCCN/C=C/CCNCC. The Morgan fingerprint density at radius 1 is 1.07 bits per heavy atom. The third-order valence-corrected chi connectivity index (χ3v) is 2.01. The van der Waals surface area contributed by atoms with E-state index in [1.165, 1.54) is 12.8 Å². The molecule has 0 bridgehead atoms. The van der Waals surface area contributed by atoms with Crippen molar-refractivity contribution in [2.75, 3.05) is 26.2 Å². The van der Waals surface area contributed by atoms with Crippen molar-refractivity contribution in [3.8, 4) is 0 Å². The lowest BCUT2D eigenvalue weighted by molar-refractivity contribution is 0.667. The third kappa shape index (κ3) is 13.0. The maximum Gasteiger partial charge on any atom is 0.0142 e. The molecule has 0 saturated carbocycles. The van der Waals surface area contributed by atoms with Crippen LogP contribution in [0.25, 0.3) is 0 Å². The van der Waals surface area contributed by atoms with Crippen molar-refractivity contribution in [2.45, 2.75) is 26.2 Å². The van der Waals surface area contributed by atoms with Crippen LogP contribution in [-0.2, 0) is 0 Å². The summed E-state index contributed by atoms with van der Waals surface area (Å²) in [6.45, 7) is 9.92. The van der Waals surface area contributed by atoms with Crippen LogP contribution < -0.4 is 16.0 Å². The molecule has 88 valence electrons. The number of hydrogen-bond acceptors (Lipinski definition) is 3. The Kier molecular flexibility index (Phi) is 12.2. The molecule has 0 unspecified atom stereocenters. The fourth-order valence-corrected chi connectivity index (χ4v) is 1.17. The lowest BCUT2D eigenvalue weighted by Gasteiger charge is -2.01. The Hall–Kier alpha value is -0.960. The fraction of sp³-hybridized carbons (Fsp3) is 0.667. The largest absolute Gasteiger partial charge is 0.391 e. The normalized spacial score (nSPS) is 10.5. The van der Waals surface area contributed by atoms with Crippen LogP contribution in [0.15, 0.2) is 25.1 Å². The minimum atomic E-state index is 1.02. The van der Waals surface area contributed by atoms with Crippen molar-refractivity contribution in [1.82, 2.24) is 16.0 Å². The van der Waals surface area contributed by atoms with Crippen molar-refractivity contribution >= 4 is 0 Å². The molecule has 0 aliphatic rings. The van der Waals surface area contributed by atoms with Crippen molar-refractivity contribution < 1.29 is 0 Å². The van der Waals surface area contributed by atoms with E-state index in [0.29, 0.717) is 0 Å². The third-order valence-electron chi connectivity index (χ3n) is 2.01. The zero-order chi connectivity index (χ0) is 11.2. The van der Waals surface area contributed by atoms with Gasteiger partial charge in [-0.05, 0) is 44.8 Å². The molecule has 3 heteroatoms. The maximum absolute atomic E-state index is 3.60. The highest BCUT2D eigenvalue weighted by Gasteiger charge is 1.84. The van der Waals surface area contributed by atoms with Gasteiger partial charge in [-0.25, -0.2) is 0 Å². The Balaban J connectivity index is 2.99. The second-order valence-corrected chi connectivity index (χ2v) is 3.36. The summed E-state index contributed by atoms with van der Waals surface area (Å²) in [5.41, 5.74) is 0. The van der Waals surface area contributed by atoms with Crippen LogP contribution in [-0.4, -0.2) is 26.2 Å². The number of rotatable bonds is 11. The van der Waals surface area contributed by atoms with Crippen LogP contribution in [0.1, 0.15) is 26.2 Å². The average Bonchev–Trinajstić information content (AvgIpc) is 2.26. The van der Waals surface area contributed by atoms with Crippen LogP contribution in [0.5, 0.6) is 0 Å². The molecule has 0 aliphatic carbocycles. The van der Waals surface area contributed by atoms with Gasteiger partial charge >= 0.3 is 0 Å². The quantitative estimate of drug-likeness (QED) is 0.454. The van der Waals surface area contributed by atoms with E-state index in [1.54, 1.807) is 6.20 Å². The highest BCUT2D eigenvalue weighted by Crippen LogP contribution is 1.85. The molecule has 0 aromatic carbocycles. The molecule has 0 heterocycles. The molecular formula is C12H25N3. The lowest BCUT2D eigenvalue weighted by Crippen LogP contribution is -2.14. The molecule has 3 nitrogen and oxygen atoms in total. The first kappa shape index (κ1) is 14.0. The molecule has 0 amide bonds. The summed E-state index contributed by atoms with van der Waals surface area (Å²) in [5.74, 6) is 0. The zero-order valence-corrected chi connectivity index (χ0v) is 9.89. The van der Waals surface area contributed by atoms with E-state index >= 15 is 0 Å². The van der Waals surface area contributed by atoms with Crippen molar-refractivity contribution in [2.24, 2.45) is 0 Å². The first-order valence-electron chi connectivity index (χ1n) is 5.85. The van der Waals surface area contributed by atoms with Crippen LogP contribution in [0.2, 0.25) is 0 Å². The molecule has 0 aromatic heterocycles. The van der Waals surface area contributed by atoms with Crippen LogP contribution in [0.3, 0.4) is 0 Å². The molecule has 15 heavy (non-hydrogen) atoms. The monoisotopic (exact) mass is 211 g/mol. The molecule has 0 atom stereocenters. The van der Waals surface area contributed by atoms with Gasteiger partial charge in [-0.1, -0.05) is 19.6 Å². The Morgan fingerprint density at radius 2 is 1.80 bits per heavy atom. The Bertz CT molecular complexity index is 155. The minimum Gasteiger partial charge on any atom is -0.391 e. The molecule has 3 N–H and O–H groups in total. The molecule has 0 rings (SSSR count). The highest BCUT2D eigenvalue weighted by molar-refractivity contribution is 4.79. The molecule has 0 fully saturated rings. The van der Waals surface area contributed by atoms with Gasteiger partial charge in [0.05, 0.1) is 0 Å². The van der Waals surface area contributed by atoms with Crippen LogP contribution in [0, 0.1) is 0 Å². The molecule has 0 saturated heterocycles. The first-order valence-corrected chi connectivity index (χ1v) is 5.85.